The molecule has 10 heteroatoms. The summed E-state index contributed by atoms with van der Waals surface area (Å²) in [5.41, 5.74) is 1.19. The number of nitro benzene ring substituents is 1. The minimum Gasteiger partial charge on any atom is -0.481 e. The normalized spacial score (nSPS) is 17.6. The SMILES string of the molecule is C/C(COC(=O)OCc1ccc([N+](=O)[O-])cc1)=C1\C(=O)N[C@@H]1CC(=O)O. The second-order valence-corrected chi connectivity index (χ2v) is 5.57. The molecule has 10 nitrogen and oxygen atoms in total. The molecular formula is C16H16N2O8. The van der Waals surface area contributed by atoms with Crippen molar-refractivity contribution < 1.29 is 33.9 Å². The molecule has 1 saturated heterocycles. The topological polar surface area (TPSA) is 145 Å². The number of carbonyl (C=O) groups excluding carboxylic acids is 2. The molecule has 1 fully saturated rings. The molecule has 1 heterocycles. The van der Waals surface area contributed by atoms with Crippen molar-refractivity contribution in [3.8, 4) is 0 Å². The van der Waals surface area contributed by atoms with E-state index in [-0.39, 0.29) is 30.9 Å². The molecule has 0 radical (unpaired) electrons. The number of aliphatic carboxylic acids is 1. The molecule has 1 amide bonds. The first-order valence-corrected chi connectivity index (χ1v) is 7.53. The number of nitrogens with one attached hydrogen (secondary N) is 1. The molecule has 1 aliphatic heterocycles. The number of nitro groups is 1. The van der Waals surface area contributed by atoms with Crippen LogP contribution >= 0.6 is 0 Å². The lowest BCUT2D eigenvalue weighted by Gasteiger charge is -2.31. The van der Waals surface area contributed by atoms with Crippen molar-refractivity contribution in [3.05, 3.63) is 51.1 Å². The molecule has 138 valence electrons. The molecule has 1 aromatic carbocycles. The van der Waals surface area contributed by atoms with Gasteiger partial charge in [0.25, 0.3) is 5.69 Å². The smallest absolute Gasteiger partial charge is 0.481 e. The summed E-state index contributed by atoms with van der Waals surface area (Å²) in [5.74, 6) is -1.44. The number of non-ortho nitro benzene ring substituents is 1. The van der Waals surface area contributed by atoms with Crippen LogP contribution in [0.1, 0.15) is 18.9 Å². The van der Waals surface area contributed by atoms with E-state index in [9.17, 15) is 24.5 Å². The van der Waals surface area contributed by atoms with Crippen LogP contribution in [-0.2, 0) is 25.7 Å². The van der Waals surface area contributed by atoms with E-state index >= 15 is 0 Å². The molecule has 2 N–H and O–H groups in total. The van der Waals surface area contributed by atoms with Gasteiger partial charge >= 0.3 is 12.1 Å². The third-order valence-electron chi connectivity index (χ3n) is 3.65. The van der Waals surface area contributed by atoms with E-state index in [2.05, 4.69) is 5.32 Å². The summed E-state index contributed by atoms with van der Waals surface area (Å²) in [4.78, 5) is 43.8. The Balaban J connectivity index is 1.82. The number of carboxylic acid groups (broad SMARTS) is 1. The van der Waals surface area contributed by atoms with E-state index in [1.807, 2.05) is 0 Å². The first-order valence-electron chi connectivity index (χ1n) is 7.53. The van der Waals surface area contributed by atoms with Crippen LogP contribution < -0.4 is 5.32 Å². The van der Waals surface area contributed by atoms with E-state index < -0.39 is 29.0 Å². The summed E-state index contributed by atoms with van der Waals surface area (Å²) in [6, 6.07) is 4.88. The number of carboxylic acids is 1. The van der Waals surface area contributed by atoms with Crippen LogP contribution in [0.15, 0.2) is 35.4 Å². The standard InChI is InChI=1S/C16H16N2O8/c1-9(14-12(6-13(19)20)17-15(14)21)7-25-16(22)26-8-10-2-4-11(5-3-10)18(23)24/h2-5,12H,6-8H2,1H3,(H,17,21)(H,19,20)/b14-9+/t12-/m1/s1. The summed E-state index contributed by atoms with van der Waals surface area (Å²) < 4.78 is 9.77. The summed E-state index contributed by atoms with van der Waals surface area (Å²) >= 11 is 0. The molecule has 0 unspecified atom stereocenters. The molecule has 0 saturated carbocycles. The molecular weight excluding hydrogens is 348 g/mol. The van der Waals surface area contributed by atoms with Gasteiger partial charge in [-0.25, -0.2) is 4.79 Å². The Hall–Kier alpha value is -3.43. The third-order valence-corrected chi connectivity index (χ3v) is 3.65. The minimum atomic E-state index is -1.05. The average molecular weight is 364 g/mol. The molecule has 26 heavy (non-hydrogen) atoms. The molecule has 2 rings (SSSR count). The van der Waals surface area contributed by atoms with Crippen molar-refractivity contribution in [1.82, 2.24) is 5.32 Å². The van der Waals surface area contributed by atoms with Gasteiger partial charge in [-0.1, -0.05) is 0 Å². The number of benzene rings is 1. The van der Waals surface area contributed by atoms with Gasteiger partial charge in [0, 0.05) is 17.7 Å². The summed E-state index contributed by atoms with van der Waals surface area (Å²) in [6.45, 7) is 1.22. The fourth-order valence-corrected chi connectivity index (χ4v) is 2.35. The van der Waals surface area contributed by atoms with Crippen molar-refractivity contribution in [3.63, 3.8) is 0 Å². The lowest BCUT2D eigenvalue weighted by Crippen LogP contribution is -2.53. The van der Waals surface area contributed by atoms with Gasteiger partial charge in [0.15, 0.2) is 0 Å². The summed E-state index contributed by atoms with van der Waals surface area (Å²) in [6.07, 6.45) is -1.22. The Labute approximate surface area is 147 Å². The molecule has 0 bridgehead atoms. The van der Waals surface area contributed by atoms with Crippen LogP contribution in [0.25, 0.3) is 0 Å². The van der Waals surface area contributed by atoms with Gasteiger partial charge in [-0.2, -0.15) is 0 Å². The zero-order valence-corrected chi connectivity index (χ0v) is 13.8. The summed E-state index contributed by atoms with van der Waals surface area (Å²) in [5, 5.41) is 21.8. The Morgan fingerprint density at radius 3 is 2.46 bits per heavy atom. The van der Waals surface area contributed by atoms with Crippen molar-refractivity contribution in [1.29, 1.82) is 0 Å². The van der Waals surface area contributed by atoms with E-state index in [1.165, 1.54) is 24.3 Å². The van der Waals surface area contributed by atoms with Crippen LogP contribution in [0.2, 0.25) is 0 Å². The van der Waals surface area contributed by atoms with Crippen molar-refractivity contribution in [2.24, 2.45) is 0 Å². The number of rotatable bonds is 7. The lowest BCUT2D eigenvalue weighted by molar-refractivity contribution is -0.384. The zero-order chi connectivity index (χ0) is 19.3. The van der Waals surface area contributed by atoms with Gasteiger partial charge in [0.05, 0.1) is 17.4 Å². The Kier molecular flexibility index (Phi) is 5.89. The van der Waals surface area contributed by atoms with Crippen molar-refractivity contribution in [2.75, 3.05) is 6.61 Å². The third kappa shape index (κ3) is 4.79. The highest BCUT2D eigenvalue weighted by atomic mass is 16.7. The van der Waals surface area contributed by atoms with E-state index in [1.54, 1.807) is 6.92 Å². The van der Waals surface area contributed by atoms with Crippen LogP contribution in [0.3, 0.4) is 0 Å². The first-order chi connectivity index (χ1) is 12.3. The molecule has 1 atom stereocenters. The number of β-lactam (4-membered cyclic amide) rings is 1. The monoisotopic (exact) mass is 364 g/mol. The van der Waals surface area contributed by atoms with Gasteiger partial charge in [-0.05, 0) is 30.2 Å². The van der Waals surface area contributed by atoms with Crippen LogP contribution in [0.5, 0.6) is 0 Å². The fourth-order valence-electron chi connectivity index (χ4n) is 2.35. The van der Waals surface area contributed by atoms with E-state index in [4.69, 9.17) is 14.6 Å². The van der Waals surface area contributed by atoms with Gasteiger partial charge < -0.3 is 19.9 Å². The highest BCUT2D eigenvalue weighted by Gasteiger charge is 2.35. The van der Waals surface area contributed by atoms with Gasteiger partial charge in [0.2, 0.25) is 5.91 Å². The molecule has 0 aromatic heterocycles. The number of ether oxygens (including phenoxy) is 2. The largest absolute Gasteiger partial charge is 0.508 e. The van der Waals surface area contributed by atoms with Gasteiger partial charge in [-0.15, -0.1) is 0 Å². The van der Waals surface area contributed by atoms with Crippen molar-refractivity contribution in [2.45, 2.75) is 26.0 Å². The second kappa shape index (κ2) is 8.10. The Morgan fingerprint density at radius 1 is 1.27 bits per heavy atom. The summed E-state index contributed by atoms with van der Waals surface area (Å²) in [7, 11) is 0. The van der Waals surface area contributed by atoms with E-state index in [0.29, 0.717) is 11.1 Å². The fraction of sp³-hybridized carbons (Fsp3) is 0.312. The molecule has 1 aromatic rings. The number of hydrogen-bond donors (Lipinski definition) is 2. The molecule has 0 spiro atoms. The van der Waals surface area contributed by atoms with E-state index in [0.717, 1.165) is 0 Å². The maximum absolute atomic E-state index is 11.6. The van der Waals surface area contributed by atoms with Gasteiger partial charge in [-0.3, -0.25) is 19.7 Å². The maximum Gasteiger partial charge on any atom is 0.508 e. The second-order valence-electron chi connectivity index (χ2n) is 5.57. The maximum atomic E-state index is 11.6. The predicted octanol–water partition coefficient (Wildman–Crippen LogP) is 1.54. The number of amides is 1. The van der Waals surface area contributed by atoms with Gasteiger partial charge in [0.1, 0.15) is 13.2 Å². The number of carbonyl (C=O) groups is 3. The Morgan fingerprint density at radius 2 is 1.92 bits per heavy atom. The zero-order valence-electron chi connectivity index (χ0n) is 13.8. The predicted molar refractivity (Wildman–Crippen MR) is 86.1 cm³/mol. The minimum absolute atomic E-state index is 0.0757. The average Bonchev–Trinajstić information content (AvgIpc) is 2.57. The first kappa shape index (κ1) is 18.9. The number of nitrogens with zero attached hydrogens (tertiary/aromatic N) is 1. The van der Waals surface area contributed by atoms with Crippen LogP contribution in [0.4, 0.5) is 10.5 Å². The molecule has 0 aliphatic carbocycles. The highest BCUT2D eigenvalue weighted by molar-refractivity contribution is 6.03. The van der Waals surface area contributed by atoms with Crippen LogP contribution in [-0.4, -0.2) is 40.7 Å². The van der Waals surface area contributed by atoms with Crippen LogP contribution in [0, 0.1) is 10.1 Å². The lowest BCUT2D eigenvalue weighted by atomic mass is 9.91. The van der Waals surface area contributed by atoms with Crippen molar-refractivity contribution >= 4 is 23.7 Å². The quantitative estimate of drug-likeness (QED) is 0.244. The number of hydrogen-bond acceptors (Lipinski definition) is 7. The highest BCUT2D eigenvalue weighted by Crippen LogP contribution is 2.21. The Bertz CT molecular complexity index is 769. The molecule has 1 aliphatic rings.